The van der Waals surface area contributed by atoms with E-state index in [1.54, 1.807) is 20.1 Å². The van der Waals surface area contributed by atoms with Crippen molar-refractivity contribution in [3.05, 3.63) is 64.7 Å². The molecular formula is C23H26N2O4. The lowest BCUT2D eigenvalue weighted by Gasteiger charge is -2.21. The fraction of sp³-hybridized carbons (Fsp3) is 0.348. The molecule has 1 aliphatic rings. The summed E-state index contributed by atoms with van der Waals surface area (Å²) in [6.07, 6.45) is 1.06. The lowest BCUT2D eigenvalue weighted by Crippen LogP contribution is -2.44. The average Bonchev–Trinajstić information content (AvgIpc) is 2.92. The third-order valence-corrected chi connectivity index (χ3v) is 5.41. The zero-order valence-electron chi connectivity index (χ0n) is 17.2. The highest BCUT2D eigenvalue weighted by molar-refractivity contribution is 6.11. The van der Waals surface area contributed by atoms with Crippen molar-refractivity contribution >= 4 is 17.7 Å². The summed E-state index contributed by atoms with van der Waals surface area (Å²) < 4.78 is 5.15. The second kappa shape index (κ2) is 8.07. The number of nitrogens with one attached hydrogen (secondary N) is 1. The van der Waals surface area contributed by atoms with Crippen LogP contribution in [0.4, 0.5) is 4.79 Å². The van der Waals surface area contributed by atoms with E-state index in [9.17, 15) is 14.4 Å². The quantitative estimate of drug-likeness (QED) is 0.577. The normalized spacial score (nSPS) is 18.7. The number of aryl methyl sites for hydroxylation is 3. The van der Waals surface area contributed by atoms with Crippen LogP contribution < -0.4 is 10.1 Å². The van der Waals surface area contributed by atoms with Gasteiger partial charge in [-0.3, -0.25) is 14.5 Å². The molecular weight excluding hydrogens is 368 g/mol. The minimum absolute atomic E-state index is 0.242. The topological polar surface area (TPSA) is 75.7 Å². The maximum absolute atomic E-state index is 12.9. The second-order valence-electron chi connectivity index (χ2n) is 7.74. The molecule has 3 amide bonds. The van der Waals surface area contributed by atoms with Gasteiger partial charge in [-0.05, 0) is 62.9 Å². The van der Waals surface area contributed by atoms with E-state index >= 15 is 0 Å². The van der Waals surface area contributed by atoms with Crippen molar-refractivity contribution in [2.45, 2.75) is 39.2 Å². The standard InChI is InChI=1S/C23H26N2O4/c1-15-5-6-16(2)19(13-15)20(26)14-25-21(27)23(3,24-22(25)28)12-11-17-7-9-18(29-4)10-8-17/h5-10,13H,11-12,14H2,1-4H3,(H,24,28)/t23-/m0/s1. The lowest BCUT2D eigenvalue weighted by atomic mass is 9.93. The number of ether oxygens (including phenoxy) is 1. The summed E-state index contributed by atoms with van der Waals surface area (Å²) in [4.78, 5) is 39.1. The minimum atomic E-state index is -1.03. The molecule has 1 heterocycles. The highest BCUT2D eigenvalue weighted by atomic mass is 16.5. The summed E-state index contributed by atoms with van der Waals surface area (Å²) in [6.45, 7) is 5.20. The van der Waals surface area contributed by atoms with E-state index < -0.39 is 11.6 Å². The number of imide groups is 1. The third kappa shape index (κ3) is 4.31. The summed E-state index contributed by atoms with van der Waals surface area (Å²) in [6, 6.07) is 12.7. The van der Waals surface area contributed by atoms with Gasteiger partial charge in [-0.1, -0.05) is 29.8 Å². The number of methoxy groups -OCH3 is 1. The van der Waals surface area contributed by atoms with Crippen LogP contribution in [0.15, 0.2) is 42.5 Å². The van der Waals surface area contributed by atoms with Crippen molar-refractivity contribution in [2.24, 2.45) is 0 Å². The van der Waals surface area contributed by atoms with E-state index in [1.807, 2.05) is 50.2 Å². The van der Waals surface area contributed by atoms with Gasteiger partial charge < -0.3 is 10.1 Å². The molecule has 1 atom stereocenters. The first-order chi connectivity index (χ1) is 13.7. The molecule has 3 rings (SSSR count). The zero-order valence-corrected chi connectivity index (χ0v) is 17.2. The number of carbonyl (C=O) groups is 3. The second-order valence-corrected chi connectivity index (χ2v) is 7.74. The predicted molar refractivity (Wildman–Crippen MR) is 110 cm³/mol. The first-order valence-electron chi connectivity index (χ1n) is 9.61. The van der Waals surface area contributed by atoms with Crippen LogP contribution in [-0.4, -0.2) is 41.8 Å². The number of rotatable bonds is 7. The largest absolute Gasteiger partial charge is 0.497 e. The van der Waals surface area contributed by atoms with Gasteiger partial charge in [-0.25, -0.2) is 4.79 Å². The molecule has 0 saturated carbocycles. The van der Waals surface area contributed by atoms with Crippen molar-refractivity contribution in [3.8, 4) is 5.75 Å². The van der Waals surface area contributed by atoms with Gasteiger partial charge in [0.05, 0.1) is 13.7 Å². The molecule has 1 saturated heterocycles. The molecule has 1 N–H and O–H groups in total. The first-order valence-corrected chi connectivity index (χ1v) is 9.61. The maximum atomic E-state index is 12.9. The zero-order chi connectivity index (χ0) is 21.2. The van der Waals surface area contributed by atoms with E-state index in [0.717, 1.165) is 27.3 Å². The van der Waals surface area contributed by atoms with Crippen LogP contribution in [0.5, 0.6) is 5.75 Å². The van der Waals surface area contributed by atoms with Crippen LogP contribution >= 0.6 is 0 Å². The van der Waals surface area contributed by atoms with Crippen LogP contribution in [-0.2, 0) is 11.2 Å². The van der Waals surface area contributed by atoms with Gasteiger partial charge in [0.25, 0.3) is 5.91 Å². The summed E-state index contributed by atoms with van der Waals surface area (Å²) in [5.74, 6) is 0.158. The number of benzene rings is 2. The van der Waals surface area contributed by atoms with Crippen LogP contribution in [0, 0.1) is 13.8 Å². The van der Waals surface area contributed by atoms with Gasteiger partial charge in [-0.2, -0.15) is 0 Å². The molecule has 6 nitrogen and oxygen atoms in total. The Hall–Kier alpha value is -3.15. The number of ketones is 1. The Morgan fingerprint density at radius 1 is 1.10 bits per heavy atom. The Bertz CT molecular complexity index is 952. The molecule has 29 heavy (non-hydrogen) atoms. The van der Waals surface area contributed by atoms with E-state index in [-0.39, 0.29) is 18.2 Å². The SMILES string of the molecule is COc1ccc(CC[C@]2(C)NC(=O)N(CC(=O)c3cc(C)ccc3C)C2=O)cc1. The van der Waals surface area contributed by atoms with Crippen molar-refractivity contribution in [1.29, 1.82) is 0 Å². The van der Waals surface area contributed by atoms with Gasteiger partial charge in [0, 0.05) is 5.56 Å². The summed E-state index contributed by atoms with van der Waals surface area (Å²) in [5.41, 5.74) is 2.34. The van der Waals surface area contributed by atoms with Crippen molar-refractivity contribution in [2.75, 3.05) is 13.7 Å². The Kier molecular flexibility index (Phi) is 5.73. The summed E-state index contributed by atoms with van der Waals surface area (Å²) in [5, 5.41) is 2.77. The fourth-order valence-corrected chi connectivity index (χ4v) is 3.51. The smallest absolute Gasteiger partial charge is 0.325 e. The number of urea groups is 1. The van der Waals surface area contributed by atoms with E-state index in [4.69, 9.17) is 4.74 Å². The highest BCUT2D eigenvalue weighted by Crippen LogP contribution is 2.24. The monoisotopic (exact) mass is 394 g/mol. The number of carbonyl (C=O) groups excluding carboxylic acids is 3. The fourth-order valence-electron chi connectivity index (χ4n) is 3.51. The van der Waals surface area contributed by atoms with Crippen molar-refractivity contribution in [1.82, 2.24) is 10.2 Å². The van der Waals surface area contributed by atoms with Crippen LogP contribution in [0.3, 0.4) is 0 Å². The van der Waals surface area contributed by atoms with E-state index in [1.165, 1.54) is 0 Å². The molecule has 1 aliphatic heterocycles. The maximum Gasteiger partial charge on any atom is 0.325 e. The molecule has 0 unspecified atom stereocenters. The summed E-state index contributed by atoms with van der Waals surface area (Å²) in [7, 11) is 1.61. The van der Waals surface area contributed by atoms with Gasteiger partial charge >= 0.3 is 6.03 Å². The Morgan fingerprint density at radius 3 is 2.45 bits per heavy atom. The first kappa shape index (κ1) is 20.6. The molecule has 0 bridgehead atoms. The Labute approximate surface area is 170 Å². The Balaban J connectivity index is 1.69. The molecule has 6 heteroatoms. The number of Topliss-reactive ketones (excluding diaryl/α,β-unsaturated/α-hetero) is 1. The number of nitrogens with zero attached hydrogens (tertiary/aromatic N) is 1. The third-order valence-electron chi connectivity index (χ3n) is 5.41. The van der Waals surface area contributed by atoms with Gasteiger partial charge in [0.15, 0.2) is 5.78 Å². The number of amides is 3. The highest BCUT2D eigenvalue weighted by Gasteiger charge is 2.47. The molecule has 0 spiro atoms. The van der Waals surface area contributed by atoms with Crippen LogP contribution in [0.1, 0.15) is 40.4 Å². The van der Waals surface area contributed by atoms with Crippen molar-refractivity contribution < 1.29 is 19.1 Å². The minimum Gasteiger partial charge on any atom is -0.497 e. The van der Waals surface area contributed by atoms with Gasteiger partial charge in [0.1, 0.15) is 11.3 Å². The molecule has 152 valence electrons. The Morgan fingerprint density at radius 2 is 1.79 bits per heavy atom. The number of hydrogen-bond acceptors (Lipinski definition) is 4. The molecule has 2 aromatic rings. The van der Waals surface area contributed by atoms with Gasteiger partial charge in [-0.15, -0.1) is 0 Å². The predicted octanol–water partition coefficient (Wildman–Crippen LogP) is 3.44. The van der Waals surface area contributed by atoms with Gasteiger partial charge in [0.2, 0.25) is 0 Å². The molecule has 0 aliphatic carbocycles. The lowest BCUT2D eigenvalue weighted by molar-refractivity contribution is -0.130. The van der Waals surface area contributed by atoms with Crippen LogP contribution in [0.2, 0.25) is 0 Å². The number of hydrogen-bond donors (Lipinski definition) is 1. The van der Waals surface area contributed by atoms with E-state index in [2.05, 4.69) is 5.32 Å². The molecule has 0 aromatic heterocycles. The molecule has 0 radical (unpaired) electrons. The van der Waals surface area contributed by atoms with Crippen LogP contribution in [0.25, 0.3) is 0 Å². The average molecular weight is 394 g/mol. The van der Waals surface area contributed by atoms with Crippen molar-refractivity contribution in [3.63, 3.8) is 0 Å². The molecule has 2 aromatic carbocycles. The van der Waals surface area contributed by atoms with E-state index in [0.29, 0.717) is 18.4 Å². The molecule has 1 fully saturated rings. The summed E-state index contributed by atoms with van der Waals surface area (Å²) >= 11 is 0.